The number of pyridine rings is 2. The number of aromatic nitrogens is 4. The van der Waals surface area contributed by atoms with Gasteiger partial charge in [0.2, 0.25) is 11.8 Å². The van der Waals surface area contributed by atoms with Gasteiger partial charge in [-0.05, 0) is 72.6 Å². The van der Waals surface area contributed by atoms with Gasteiger partial charge in [-0.1, -0.05) is 89.2 Å². The first-order valence-electron chi connectivity index (χ1n) is 18.4. The van der Waals surface area contributed by atoms with Gasteiger partial charge in [0.15, 0.2) is 6.10 Å². The van der Waals surface area contributed by atoms with Crippen LogP contribution in [0, 0.1) is 0 Å². The summed E-state index contributed by atoms with van der Waals surface area (Å²) in [7, 11) is 0. The van der Waals surface area contributed by atoms with E-state index < -0.39 is 12.1 Å². The second-order valence-electron chi connectivity index (χ2n) is 14.0. The number of carboxylic acids is 1. The van der Waals surface area contributed by atoms with Crippen molar-refractivity contribution in [3.05, 3.63) is 131 Å². The number of carboxylic acid groups (broad SMARTS) is 1. The van der Waals surface area contributed by atoms with Gasteiger partial charge in [-0.15, -0.1) is 0 Å². The van der Waals surface area contributed by atoms with Gasteiger partial charge >= 0.3 is 5.97 Å². The summed E-state index contributed by atoms with van der Waals surface area (Å²) in [6.45, 7) is 14.1. The minimum atomic E-state index is -1.01. The minimum absolute atomic E-state index is 0.00416. The van der Waals surface area contributed by atoms with Crippen LogP contribution in [0.5, 0.6) is 5.75 Å². The summed E-state index contributed by atoms with van der Waals surface area (Å²) in [5.74, 6) is 0.257. The van der Waals surface area contributed by atoms with Crippen LogP contribution in [0.2, 0.25) is 0 Å². The molecule has 2 aromatic carbocycles. The van der Waals surface area contributed by atoms with Crippen molar-refractivity contribution >= 4 is 17.8 Å². The molecule has 0 aliphatic rings. The first-order chi connectivity index (χ1) is 25.8. The summed E-state index contributed by atoms with van der Waals surface area (Å²) >= 11 is 0. The number of hydrogen-bond donors (Lipinski definition) is 4. The highest BCUT2D eigenvalue weighted by Gasteiger charge is 2.18. The smallest absolute Gasteiger partial charge is 0.344 e. The van der Waals surface area contributed by atoms with E-state index in [1.165, 1.54) is 17.3 Å². The van der Waals surface area contributed by atoms with Gasteiger partial charge < -0.3 is 20.5 Å². The Hall–Kier alpha value is -5.84. The zero-order valence-corrected chi connectivity index (χ0v) is 32.2. The summed E-state index contributed by atoms with van der Waals surface area (Å²) in [4.78, 5) is 44.4. The van der Waals surface area contributed by atoms with Gasteiger partial charge in [0.05, 0.1) is 48.7 Å². The standard InChI is InChI=1S/C22H28N2O4.C21H24N4O/c1-5-20(22(26)27)28-18-10-11-19(23-13-18)15(4)24-21(25)12-16-6-8-17(9-7-16)14(2)3;1-14(2)17-6-4-16(5-7-17)10-21(26)25-15(3)20-9-8-18(11-22-20)19-12-23-24-13-19/h6-11,13-15,20H,5,12H2,1-4H3,(H,24,25)(H,26,27);4-9,11-15H,10H2,1-3H3,(H,23,24)(H,25,26)/t15-,20?;15-/m11/s1. The molecule has 11 nitrogen and oxygen atoms in total. The van der Waals surface area contributed by atoms with E-state index in [4.69, 9.17) is 9.84 Å². The Morgan fingerprint density at radius 3 is 1.54 bits per heavy atom. The van der Waals surface area contributed by atoms with Crippen molar-refractivity contribution in [3.8, 4) is 16.9 Å². The zero-order chi connectivity index (χ0) is 39.2. The lowest BCUT2D eigenvalue weighted by Crippen LogP contribution is -2.28. The number of amides is 2. The van der Waals surface area contributed by atoms with E-state index in [2.05, 4.69) is 82.8 Å². The fraction of sp³-hybridized carbons (Fsp3) is 0.349. The number of aliphatic carboxylic acids is 1. The lowest BCUT2D eigenvalue weighted by atomic mass is 10.0. The molecule has 2 amide bonds. The molecule has 0 aliphatic heterocycles. The predicted octanol–water partition coefficient (Wildman–Crippen LogP) is 7.88. The molecule has 0 saturated carbocycles. The Balaban J connectivity index is 0.000000241. The van der Waals surface area contributed by atoms with E-state index in [9.17, 15) is 14.4 Å². The Kier molecular flexibility index (Phi) is 15.0. The third kappa shape index (κ3) is 12.4. The van der Waals surface area contributed by atoms with Crippen LogP contribution in [-0.2, 0) is 27.2 Å². The van der Waals surface area contributed by atoms with Crippen molar-refractivity contribution in [2.45, 2.75) is 97.8 Å². The molecule has 1 unspecified atom stereocenters. The van der Waals surface area contributed by atoms with Crippen LogP contribution in [0.3, 0.4) is 0 Å². The maximum Gasteiger partial charge on any atom is 0.344 e. The number of aromatic amines is 1. The molecule has 0 fully saturated rings. The Morgan fingerprint density at radius 1 is 0.667 bits per heavy atom. The monoisotopic (exact) mass is 732 g/mol. The first kappa shape index (κ1) is 40.9. The number of ether oxygens (including phenoxy) is 1. The molecule has 5 aromatic rings. The molecule has 3 aromatic heterocycles. The number of hydrogen-bond acceptors (Lipinski definition) is 7. The maximum absolute atomic E-state index is 12.3. The number of carbonyl (C=O) groups excluding carboxylic acids is 2. The normalized spacial score (nSPS) is 12.6. The molecular weight excluding hydrogens is 681 g/mol. The van der Waals surface area contributed by atoms with Crippen LogP contribution in [0.15, 0.2) is 97.6 Å². The van der Waals surface area contributed by atoms with Crippen LogP contribution < -0.4 is 15.4 Å². The highest BCUT2D eigenvalue weighted by atomic mass is 16.5. The van der Waals surface area contributed by atoms with Crippen molar-refractivity contribution in [1.29, 1.82) is 0 Å². The fourth-order valence-electron chi connectivity index (χ4n) is 5.58. The van der Waals surface area contributed by atoms with Gasteiger partial charge in [-0.3, -0.25) is 24.7 Å². The van der Waals surface area contributed by atoms with Crippen LogP contribution >= 0.6 is 0 Å². The van der Waals surface area contributed by atoms with Crippen LogP contribution in [-0.4, -0.2) is 49.2 Å². The van der Waals surface area contributed by atoms with E-state index in [-0.39, 0.29) is 23.9 Å². The van der Waals surface area contributed by atoms with Crippen molar-refractivity contribution in [2.24, 2.45) is 0 Å². The third-order valence-corrected chi connectivity index (χ3v) is 8.97. The summed E-state index contributed by atoms with van der Waals surface area (Å²) in [6.07, 6.45) is 7.01. The van der Waals surface area contributed by atoms with Crippen molar-refractivity contribution in [3.63, 3.8) is 0 Å². The van der Waals surface area contributed by atoms with E-state index in [0.717, 1.165) is 27.9 Å². The van der Waals surface area contributed by atoms with Gasteiger partial charge in [0, 0.05) is 23.5 Å². The number of rotatable bonds is 15. The first-order valence-corrected chi connectivity index (χ1v) is 18.4. The summed E-state index contributed by atoms with van der Waals surface area (Å²) in [5, 5.41) is 21.7. The number of H-pyrrole nitrogens is 1. The topological polar surface area (TPSA) is 159 Å². The van der Waals surface area contributed by atoms with Crippen molar-refractivity contribution in [2.75, 3.05) is 0 Å². The molecule has 3 heterocycles. The Morgan fingerprint density at radius 2 is 1.17 bits per heavy atom. The van der Waals surface area contributed by atoms with Crippen LogP contribution in [0.1, 0.15) is 112 Å². The zero-order valence-electron chi connectivity index (χ0n) is 32.2. The van der Waals surface area contributed by atoms with Crippen LogP contribution in [0.4, 0.5) is 0 Å². The largest absolute Gasteiger partial charge is 0.479 e. The fourth-order valence-corrected chi connectivity index (χ4v) is 5.58. The van der Waals surface area contributed by atoms with Gasteiger partial charge in [-0.25, -0.2) is 4.79 Å². The average molecular weight is 733 g/mol. The second kappa shape index (κ2) is 19.8. The third-order valence-electron chi connectivity index (χ3n) is 8.97. The molecular formula is C43H52N6O5. The molecule has 11 heteroatoms. The summed E-state index contributed by atoms with van der Waals surface area (Å²) in [6, 6.07) is 23.2. The number of benzene rings is 2. The molecule has 0 aliphatic carbocycles. The quantitative estimate of drug-likeness (QED) is 0.0846. The number of nitrogens with zero attached hydrogens (tertiary/aromatic N) is 3. The van der Waals surface area contributed by atoms with E-state index >= 15 is 0 Å². The van der Waals surface area contributed by atoms with Crippen molar-refractivity contribution < 1.29 is 24.2 Å². The number of carbonyl (C=O) groups is 3. The Bertz CT molecular complexity index is 1910. The van der Waals surface area contributed by atoms with E-state index in [1.54, 1.807) is 31.5 Å². The molecule has 54 heavy (non-hydrogen) atoms. The van der Waals surface area contributed by atoms with E-state index in [0.29, 0.717) is 42.5 Å². The second-order valence-corrected chi connectivity index (χ2v) is 14.0. The molecule has 0 radical (unpaired) electrons. The molecule has 0 saturated heterocycles. The van der Waals surface area contributed by atoms with E-state index in [1.807, 2.05) is 56.4 Å². The van der Waals surface area contributed by atoms with Crippen LogP contribution in [0.25, 0.3) is 11.1 Å². The summed E-state index contributed by atoms with van der Waals surface area (Å²) < 4.78 is 5.40. The summed E-state index contributed by atoms with van der Waals surface area (Å²) in [5.41, 5.74) is 8.01. The number of nitrogens with one attached hydrogen (secondary N) is 3. The molecule has 0 bridgehead atoms. The maximum atomic E-state index is 12.3. The van der Waals surface area contributed by atoms with Gasteiger partial charge in [0.1, 0.15) is 5.75 Å². The highest BCUT2D eigenvalue weighted by Crippen LogP contribution is 2.21. The van der Waals surface area contributed by atoms with Gasteiger partial charge in [-0.2, -0.15) is 5.10 Å². The lowest BCUT2D eigenvalue weighted by molar-refractivity contribution is -0.145. The SMILES string of the molecule is CC(C)c1ccc(CC(=O)N[C@H](C)c2ccc(-c3cn[nH]c3)cn2)cc1.CCC(Oc1ccc([C@@H](C)NC(=O)Cc2ccc(C(C)C)cc2)nc1)C(=O)O. The minimum Gasteiger partial charge on any atom is -0.479 e. The molecule has 4 N–H and O–H groups in total. The predicted molar refractivity (Wildman–Crippen MR) is 210 cm³/mol. The van der Waals surface area contributed by atoms with Crippen molar-refractivity contribution in [1.82, 2.24) is 30.8 Å². The molecule has 0 spiro atoms. The molecule has 5 rings (SSSR count). The average Bonchev–Trinajstić information content (AvgIpc) is 3.70. The van der Waals surface area contributed by atoms with Gasteiger partial charge in [0.25, 0.3) is 0 Å². The lowest BCUT2D eigenvalue weighted by Gasteiger charge is -2.16. The highest BCUT2D eigenvalue weighted by molar-refractivity contribution is 5.79. The molecule has 3 atom stereocenters. The molecule has 284 valence electrons. The Labute approximate surface area is 318 Å².